The molecule has 1 aromatic carbocycles. The predicted octanol–water partition coefficient (Wildman–Crippen LogP) is 4.08. The average Bonchev–Trinajstić information content (AvgIpc) is 3.36. The van der Waals surface area contributed by atoms with Gasteiger partial charge in [0.05, 0.1) is 31.1 Å². The molecule has 1 saturated heterocycles. The molecule has 0 spiro atoms. The van der Waals surface area contributed by atoms with Crippen molar-refractivity contribution in [2.75, 3.05) is 31.3 Å². The first kappa shape index (κ1) is 37.2. The first-order valence-electron chi connectivity index (χ1n) is 16.3. The number of nitrogens with one attached hydrogen (secondary N) is 1. The largest absolute Gasteiger partial charge is 0.476 e. The minimum absolute atomic E-state index is 0.0328. The van der Waals surface area contributed by atoms with Gasteiger partial charge in [0.1, 0.15) is 25.0 Å². The minimum atomic E-state index is -3.86. The Hall–Kier alpha value is -3.11. The monoisotopic (exact) mass is 719 g/mol. The van der Waals surface area contributed by atoms with E-state index in [9.17, 15) is 14.2 Å². The van der Waals surface area contributed by atoms with E-state index in [1.165, 1.54) is 0 Å². The van der Waals surface area contributed by atoms with Crippen LogP contribution in [0.3, 0.4) is 0 Å². The van der Waals surface area contributed by atoms with Crippen molar-refractivity contribution in [3.8, 4) is 5.88 Å². The summed E-state index contributed by atoms with van der Waals surface area (Å²) in [7, 11) is -3.86. The van der Waals surface area contributed by atoms with E-state index < -0.39 is 37.5 Å². The minimum Gasteiger partial charge on any atom is -0.476 e. The van der Waals surface area contributed by atoms with Gasteiger partial charge < -0.3 is 25.7 Å². The Morgan fingerprint density at radius 2 is 1.94 bits per heavy atom. The highest BCUT2D eigenvalue weighted by molar-refractivity contribution is 8.13. The Balaban J connectivity index is 1.19. The quantitative estimate of drug-likeness (QED) is 0.102. The van der Waals surface area contributed by atoms with Gasteiger partial charge >= 0.3 is 13.7 Å². The van der Waals surface area contributed by atoms with E-state index in [1.807, 2.05) is 62.6 Å². The molecule has 0 radical (unpaired) electrons. The lowest BCUT2D eigenvalue weighted by Crippen LogP contribution is -2.39. The molecule has 49 heavy (non-hydrogen) atoms. The highest BCUT2D eigenvalue weighted by atomic mass is 32.2. The second kappa shape index (κ2) is 15.4. The van der Waals surface area contributed by atoms with Gasteiger partial charge in [0.15, 0.2) is 16.3 Å². The van der Waals surface area contributed by atoms with Crippen LogP contribution in [0.2, 0.25) is 0 Å². The molecule has 2 unspecified atom stereocenters. The third-order valence-electron chi connectivity index (χ3n) is 8.53. The van der Waals surface area contributed by atoms with E-state index in [0.717, 1.165) is 17.3 Å². The van der Waals surface area contributed by atoms with Crippen molar-refractivity contribution in [2.45, 2.75) is 72.6 Å². The SMILES string of the molecule is CCOc1nc(N)nc2c1ncn2[C@@H]1O[C@H]2C([C@H]2OP(=O)(NCc2ccccc2)OCCSC(=O)C(C)(C)COC(=O)[C@@H](N)C(C)C)[C@@H]1C. The van der Waals surface area contributed by atoms with Crippen molar-refractivity contribution in [3.05, 3.63) is 42.2 Å². The zero-order chi connectivity index (χ0) is 35.5. The van der Waals surface area contributed by atoms with Crippen molar-refractivity contribution < 1.29 is 37.4 Å². The van der Waals surface area contributed by atoms with Crippen LogP contribution in [0.15, 0.2) is 36.7 Å². The second-order valence-corrected chi connectivity index (χ2v) is 16.0. The third-order valence-corrected chi connectivity index (χ3v) is 11.3. The fraction of sp³-hybridized carbons (Fsp3) is 0.594. The van der Waals surface area contributed by atoms with Gasteiger partial charge in [0.25, 0.3) is 0 Å². The van der Waals surface area contributed by atoms with Crippen molar-refractivity contribution in [3.63, 3.8) is 0 Å². The molecule has 2 aliphatic rings. The lowest BCUT2D eigenvalue weighted by molar-refractivity contribution is -0.150. The molecule has 268 valence electrons. The second-order valence-electron chi connectivity index (χ2n) is 13.2. The molecule has 2 fully saturated rings. The molecule has 2 aromatic heterocycles. The highest BCUT2D eigenvalue weighted by Crippen LogP contribution is 2.61. The molecular weight excluding hydrogens is 673 g/mol. The van der Waals surface area contributed by atoms with Crippen molar-refractivity contribution in [2.24, 2.45) is 28.9 Å². The summed E-state index contributed by atoms with van der Waals surface area (Å²) in [6.07, 6.45) is 0.409. The number of fused-ring (bicyclic) bond motifs is 2. The average molecular weight is 720 g/mol. The number of rotatable bonds is 17. The smallest absolute Gasteiger partial charge is 0.406 e. The Labute approximate surface area is 290 Å². The number of benzene rings is 1. The van der Waals surface area contributed by atoms with Gasteiger partial charge in [-0.15, -0.1) is 0 Å². The van der Waals surface area contributed by atoms with Crippen LogP contribution in [0.4, 0.5) is 5.95 Å². The van der Waals surface area contributed by atoms with E-state index in [0.29, 0.717) is 23.7 Å². The van der Waals surface area contributed by atoms with Crippen molar-refractivity contribution in [1.82, 2.24) is 24.6 Å². The number of hydrogen-bond acceptors (Lipinski definition) is 14. The van der Waals surface area contributed by atoms with Crippen LogP contribution in [0, 0.1) is 23.2 Å². The zero-order valence-corrected chi connectivity index (χ0v) is 30.3. The van der Waals surface area contributed by atoms with E-state index in [4.69, 9.17) is 34.7 Å². The van der Waals surface area contributed by atoms with Crippen LogP contribution in [0.1, 0.15) is 53.3 Å². The number of anilines is 1. The molecule has 17 heteroatoms. The fourth-order valence-corrected chi connectivity index (χ4v) is 7.96. The van der Waals surface area contributed by atoms with Gasteiger partial charge in [-0.05, 0) is 32.3 Å². The van der Waals surface area contributed by atoms with Crippen molar-refractivity contribution >= 4 is 47.7 Å². The Morgan fingerprint density at radius 3 is 2.59 bits per heavy atom. The van der Waals surface area contributed by atoms with Gasteiger partial charge in [-0.25, -0.2) is 14.6 Å². The van der Waals surface area contributed by atoms with Gasteiger partial charge in [0.2, 0.25) is 11.8 Å². The van der Waals surface area contributed by atoms with E-state index >= 15 is 0 Å². The maximum absolute atomic E-state index is 14.1. The molecule has 1 aliphatic carbocycles. The molecule has 15 nitrogen and oxygen atoms in total. The summed E-state index contributed by atoms with van der Waals surface area (Å²) < 4.78 is 45.2. The van der Waals surface area contributed by atoms with Gasteiger partial charge in [-0.1, -0.05) is 62.9 Å². The van der Waals surface area contributed by atoms with Gasteiger partial charge in [0, 0.05) is 24.1 Å². The van der Waals surface area contributed by atoms with Crippen LogP contribution in [-0.2, 0) is 39.2 Å². The Kier molecular flexibility index (Phi) is 11.7. The summed E-state index contributed by atoms with van der Waals surface area (Å²) >= 11 is 1.01. The molecule has 3 heterocycles. The number of nitrogens with two attached hydrogens (primary N) is 2. The fourth-order valence-electron chi connectivity index (χ4n) is 5.52. The molecule has 5 rings (SSSR count). The maximum atomic E-state index is 14.1. The van der Waals surface area contributed by atoms with E-state index in [-0.39, 0.29) is 60.4 Å². The van der Waals surface area contributed by atoms with Crippen LogP contribution in [-0.4, -0.2) is 74.4 Å². The molecule has 7 atom stereocenters. The van der Waals surface area contributed by atoms with Crippen LogP contribution in [0.25, 0.3) is 11.2 Å². The lowest BCUT2D eigenvalue weighted by atomic mass is 9.97. The number of nitrogen functional groups attached to an aromatic ring is 1. The summed E-state index contributed by atoms with van der Waals surface area (Å²) in [4.78, 5) is 38.1. The topological polar surface area (TPSA) is 205 Å². The Morgan fingerprint density at radius 1 is 1.20 bits per heavy atom. The number of carbonyl (C=O) groups is 2. The molecule has 5 N–H and O–H groups in total. The highest BCUT2D eigenvalue weighted by Gasteiger charge is 2.65. The number of ether oxygens (including phenoxy) is 3. The summed E-state index contributed by atoms with van der Waals surface area (Å²) in [6.45, 7) is 11.4. The molecule has 0 bridgehead atoms. The van der Waals surface area contributed by atoms with E-state index in [1.54, 1.807) is 20.2 Å². The number of esters is 1. The summed E-state index contributed by atoms with van der Waals surface area (Å²) in [5.41, 5.74) is 12.7. The number of aromatic nitrogens is 4. The molecule has 0 amide bonds. The molecule has 3 aromatic rings. The number of thioether (sulfide) groups is 1. The number of nitrogens with zero attached hydrogens (tertiary/aromatic N) is 4. The van der Waals surface area contributed by atoms with E-state index in [2.05, 4.69) is 20.0 Å². The summed E-state index contributed by atoms with van der Waals surface area (Å²) in [5.74, 6) is -0.171. The molecular formula is C32H46N7O8PS. The first-order chi connectivity index (χ1) is 23.2. The number of carbonyl (C=O) groups excluding carboxylic acids is 2. The molecule has 1 aliphatic heterocycles. The van der Waals surface area contributed by atoms with Crippen LogP contribution < -0.4 is 21.3 Å². The third kappa shape index (κ3) is 8.62. The van der Waals surface area contributed by atoms with Crippen LogP contribution >= 0.6 is 19.5 Å². The Bertz CT molecular complexity index is 1680. The molecule has 1 saturated carbocycles. The maximum Gasteiger partial charge on any atom is 0.406 e. The van der Waals surface area contributed by atoms with Gasteiger partial charge in [-0.2, -0.15) is 9.97 Å². The predicted molar refractivity (Wildman–Crippen MR) is 184 cm³/mol. The number of imidazole rings is 1. The van der Waals surface area contributed by atoms with Crippen molar-refractivity contribution in [1.29, 1.82) is 0 Å². The van der Waals surface area contributed by atoms with Gasteiger partial charge in [-0.3, -0.25) is 23.2 Å². The zero-order valence-electron chi connectivity index (χ0n) is 28.6. The lowest BCUT2D eigenvalue weighted by Gasteiger charge is -2.25. The number of hydrogen-bond donors (Lipinski definition) is 3. The summed E-state index contributed by atoms with van der Waals surface area (Å²) in [5, 5.41) is 2.78. The first-order valence-corrected chi connectivity index (χ1v) is 18.9. The summed E-state index contributed by atoms with van der Waals surface area (Å²) in [6, 6.07) is 8.71. The standard InChI is InChI=1S/C32H46N7O8PS/c1-7-43-27-23-26(37-31(34)38-27)39(17-35-23)28-19(4)21-24(46-28)25(21)47-48(42,36-15-20-11-9-8-10-12-20)45-13-14-49-30(41)32(5,6)16-44-29(40)22(33)18(2)3/h8-12,17-19,21-22,24-25,28H,7,13-16,33H2,1-6H3,(H,36,42)(H2,34,37,38)/t19-,21?,22-,24-,25+,28+,48?/m0/s1. The van der Waals surface area contributed by atoms with Crippen LogP contribution in [0.5, 0.6) is 5.88 Å². The normalized spacial score (nSPS) is 23.6.